The second-order valence-electron chi connectivity index (χ2n) is 10.2. The van der Waals surface area contributed by atoms with Gasteiger partial charge in [0.2, 0.25) is 5.43 Å². The molecule has 2 atom stereocenters. The summed E-state index contributed by atoms with van der Waals surface area (Å²) in [6.07, 6.45) is 3.20. The van der Waals surface area contributed by atoms with E-state index >= 15 is 4.39 Å². The molecule has 5 rings (SSSR count). The number of carboxylic acids is 1. The Balaban J connectivity index is 1.39. The predicted molar refractivity (Wildman–Crippen MR) is 143 cm³/mol. The molecule has 1 aromatic carbocycles. The Morgan fingerprint density at radius 1 is 1.32 bits per heavy atom. The van der Waals surface area contributed by atoms with Crippen molar-refractivity contribution in [2.45, 2.75) is 44.5 Å². The van der Waals surface area contributed by atoms with E-state index in [9.17, 15) is 29.9 Å². The minimum Gasteiger partial charge on any atom is -0.492 e. The summed E-state index contributed by atoms with van der Waals surface area (Å²) in [6, 6.07) is 0.960. The highest BCUT2D eigenvalue weighted by atomic mass is 35.5. The molecule has 0 spiro atoms. The lowest BCUT2D eigenvalue weighted by Gasteiger charge is -2.42. The Morgan fingerprint density at radius 2 is 2.05 bits per heavy atom. The average molecular weight is 579 g/mol. The first-order valence-corrected chi connectivity index (χ1v) is 13.1. The van der Waals surface area contributed by atoms with E-state index in [1.807, 2.05) is 16.7 Å². The number of aromatic nitrogens is 3. The first-order valence-electron chi connectivity index (χ1n) is 12.7. The van der Waals surface area contributed by atoms with Gasteiger partial charge in [0.05, 0.1) is 30.7 Å². The molecule has 1 aliphatic heterocycles. The zero-order chi connectivity index (χ0) is 28.9. The molecule has 0 bridgehead atoms. The molecule has 2 unspecified atom stereocenters. The van der Waals surface area contributed by atoms with Crippen LogP contribution in [0.15, 0.2) is 23.3 Å². The zero-order valence-corrected chi connectivity index (χ0v) is 22.5. The summed E-state index contributed by atoms with van der Waals surface area (Å²) in [4.78, 5) is 42.4. The Bertz CT molecular complexity index is 1550. The van der Waals surface area contributed by atoms with E-state index in [1.54, 1.807) is 4.57 Å². The fraction of sp³-hybridized carbons (Fsp3) is 0.480. The maximum Gasteiger partial charge on any atom is 0.383 e. The predicted octanol–water partition coefficient (Wildman–Crippen LogP) is 2.51. The number of benzene rings is 1. The molecule has 0 amide bonds. The van der Waals surface area contributed by atoms with Crippen LogP contribution in [0.3, 0.4) is 0 Å². The molecule has 1 saturated heterocycles. The van der Waals surface area contributed by atoms with Gasteiger partial charge in [0.1, 0.15) is 17.4 Å². The van der Waals surface area contributed by atoms with Crippen LogP contribution >= 0.6 is 11.6 Å². The van der Waals surface area contributed by atoms with Crippen LogP contribution in [-0.4, -0.2) is 85.6 Å². The van der Waals surface area contributed by atoms with Crippen molar-refractivity contribution in [2.24, 2.45) is 0 Å². The van der Waals surface area contributed by atoms with Crippen LogP contribution in [0, 0.1) is 15.9 Å². The van der Waals surface area contributed by atoms with Crippen molar-refractivity contribution in [2.75, 3.05) is 38.2 Å². The normalized spacial score (nSPS) is 18.7. The summed E-state index contributed by atoms with van der Waals surface area (Å²) in [6.45, 7) is 3.41. The Kier molecular flexibility index (Phi) is 7.42. The van der Waals surface area contributed by atoms with E-state index in [2.05, 4.69) is 4.98 Å². The van der Waals surface area contributed by atoms with Gasteiger partial charge in [-0.25, -0.2) is 9.18 Å². The largest absolute Gasteiger partial charge is 0.492 e. The number of rotatable bonds is 9. The third-order valence-corrected chi connectivity index (χ3v) is 7.71. The van der Waals surface area contributed by atoms with Crippen molar-refractivity contribution < 1.29 is 29.1 Å². The number of pyridine rings is 1. The van der Waals surface area contributed by atoms with E-state index in [4.69, 9.17) is 16.3 Å². The molecule has 13 nitrogen and oxygen atoms in total. The number of nitro groups is 1. The third kappa shape index (κ3) is 5.09. The minimum absolute atomic E-state index is 0.00361. The molecule has 15 heteroatoms. The van der Waals surface area contributed by atoms with Gasteiger partial charge in [-0.3, -0.25) is 14.3 Å². The number of aliphatic hydroxyl groups is 1. The smallest absolute Gasteiger partial charge is 0.383 e. The number of hydrogen-bond donors (Lipinski definition) is 2. The molecule has 2 aliphatic rings. The lowest BCUT2D eigenvalue weighted by atomic mass is 10.1. The first-order chi connectivity index (χ1) is 19.0. The number of carboxylic acid groups (broad SMARTS) is 1. The molecule has 214 valence electrons. The van der Waals surface area contributed by atoms with E-state index in [-0.39, 0.29) is 47.3 Å². The third-order valence-electron chi connectivity index (χ3n) is 7.41. The van der Waals surface area contributed by atoms with Crippen molar-refractivity contribution in [1.82, 2.24) is 19.0 Å². The lowest BCUT2D eigenvalue weighted by Crippen LogP contribution is -2.54. The Labute approximate surface area is 232 Å². The van der Waals surface area contributed by atoms with Crippen molar-refractivity contribution >= 4 is 40.0 Å². The molecule has 40 heavy (non-hydrogen) atoms. The summed E-state index contributed by atoms with van der Waals surface area (Å²) in [7, 11) is 1.39. The second kappa shape index (κ2) is 10.7. The van der Waals surface area contributed by atoms with Crippen LogP contribution in [0.1, 0.15) is 36.2 Å². The number of carbonyl (C=O) groups is 1. The van der Waals surface area contributed by atoms with Crippen LogP contribution in [-0.2, 0) is 6.54 Å². The van der Waals surface area contributed by atoms with Crippen molar-refractivity contribution in [1.29, 1.82) is 0 Å². The van der Waals surface area contributed by atoms with Crippen LogP contribution in [0.25, 0.3) is 10.9 Å². The molecule has 2 aromatic heterocycles. The molecule has 1 saturated carbocycles. The fourth-order valence-electron chi connectivity index (χ4n) is 5.35. The number of piperazine rings is 1. The highest BCUT2D eigenvalue weighted by Crippen LogP contribution is 2.44. The quantitative estimate of drug-likeness (QED) is 0.286. The van der Waals surface area contributed by atoms with Gasteiger partial charge in [-0.15, -0.1) is 0 Å². The van der Waals surface area contributed by atoms with Crippen molar-refractivity contribution in [3.8, 4) is 5.75 Å². The number of halogens is 2. The van der Waals surface area contributed by atoms with Gasteiger partial charge >= 0.3 is 17.1 Å². The van der Waals surface area contributed by atoms with E-state index < -0.39 is 39.6 Å². The number of β-amino-alcohol motifs (C(OH)–C–C–N with tert-alkyl or cyclic N) is 1. The van der Waals surface area contributed by atoms with Crippen LogP contribution in [0.4, 0.5) is 15.9 Å². The maximum atomic E-state index is 15.6. The van der Waals surface area contributed by atoms with Gasteiger partial charge in [0.15, 0.2) is 11.6 Å². The minimum atomic E-state index is -1.37. The van der Waals surface area contributed by atoms with Crippen LogP contribution < -0.4 is 15.1 Å². The number of fused-ring (bicyclic) bond motifs is 1. The molecule has 3 aromatic rings. The molecule has 1 aliphatic carbocycles. The number of aromatic carboxylic acids is 1. The first kappa shape index (κ1) is 27.8. The van der Waals surface area contributed by atoms with Crippen molar-refractivity contribution in [3.05, 3.63) is 55.5 Å². The van der Waals surface area contributed by atoms with Crippen LogP contribution in [0.5, 0.6) is 5.75 Å². The number of methoxy groups -OCH3 is 1. The Hall–Kier alpha value is -3.75. The Morgan fingerprint density at radius 3 is 2.62 bits per heavy atom. The molecular formula is C25H28ClFN6O7. The highest BCUT2D eigenvalue weighted by molar-refractivity contribution is 6.28. The van der Waals surface area contributed by atoms with E-state index in [0.717, 1.165) is 18.9 Å². The number of aliphatic hydroxyl groups excluding tert-OH is 1. The summed E-state index contributed by atoms with van der Waals surface area (Å²) in [5.74, 6) is -2.29. The molecular weight excluding hydrogens is 551 g/mol. The highest BCUT2D eigenvalue weighted by Gasteiger charge is 2.34. The molecule has 3 heterocycles. The van der Waals surface area contributed by atoms with E-state index in [1.165, 1.54) is 24.1 Å². The van der Waals surface area contributed by atoms with Gasteiger partial charge in [-0.1, -0.05) is 0 Å². The molecule has 2 fully saturated rings. The monoisotopic (exact) mass is 578 g/mol. The second-order valence-corrected chi connectivity index (χ2v) is 10.5. The summed E-state index contributed by atoms with van der Waals surface area (Å²) in [5.41, 5.74) is -0.621. The fourth-order valence-corrected chi connectivity index (χ4v) is 5.55. The summed E-state index contributed by atoms with van der Waals surface area (Å²) < 4.78 is 24.4. The van der Waals surface area contributed by atoms with Gasteiger partial charge in [0, 0.05) is 44.5 Å². The van der Waals surface area contributed by atoms with Crippen molar-refractivity contribution in [3.63, 3.8) is 0 Å². The number of imidazole rings is 1. The van der Waals surface area contributed by atoms with Gasteiger partial charge in [-0.05, 0) is 47.3 Å². The summed E-state index contributed by atoms with van der Waals surface area (Å²) >= 11 is 5.96. The standard InChI is InChI=1S/C25H28ClFN6O7/c1-13-8-30(6-5-29(13)9-15(34)10-31-12-19(33(38)39)28-25(31)26)21-18(27)7-16-20(23(21)40-2)32(14-3-4-14)11-17(22(16)35)24(36)37/h7,11-15,34H,3-6,8-10H2,1-2H3,(H,36,37). The number of hydrogen-bond acceptors (Lipinski definition) is 9. The number of anilines is 1. The van der Waals surface area contributed by atoms with Gasteiger partial charge < -0.3 is 34.5 Å². The molecule has 0 radical (unpaired) electrons. The van der Waals surface area contributed by atoms with Gasteiger partial charge in [-0.2, -0.15) is 0 Å². The zero-order valence-electron chi connectivity index (χ0n) is 21.8. The summed E-state index contributed by atoms with van der Waals surface area (Å²) in [5, 5.41) is 31.0. The lowest BCUT2D eigenvalue weighted by molar-refractivity contribution is -0.389. The molecule has 2 N–H and O–H groups in total. The average Bonchev–Trinajstić information content (AvgIpc) is 3.67. The topological polar surface area (TPSA) is 156 Å². The SMILES string of the molecule is COc1c(N2CCN(CC(O)Cn3cc([N+](=O)[O-])nc3Cl)C(C)C2)c(F)cc2c(=O)c(C(=O)O)cn(C3CC3)c12. The van der Waals surface area contributed by atoms with Crippen LogP contribution in [0.2, 0.25) is 5.28 Å². The maximum absolute atomic E-state index is 15.6. The number of ether oxygens (including phenoxy) is 1. The van der Waals surface area contributed by atoms with E-state index in [0.29, 0.717) is 25.2 Å². The number of nitrogens with zero attached hydrogens (tertiary/aromatic N) is 6. The van der Waals surface area contributed by atoms with Gasteiger partial charge in [0.25, 0.3) is 0 Å².